The standard InChI is InChI=1S/C14H15F3N2O6S/c15-14(16,17)25-10-1-3-11(4-2-10)26(23,24)19-7-5-18(6-8-19)12(20)9-13(21)22/h1-4H,5-9H2,(H,21,22). The summed E-state index contributed by atoms with van der Waals surface area (Å²) in [7, 11) is -3.95. The van der Waals surface area contributed by atoms with Crippen molar-refractivity contribution in [3.63, 3.8) is 0 Å². The smallest absolute Gasteiger partial charge is 0.481 e. The van der Waals surface area contributed by atoms with Gasteiger partial charge >= 0.3 is 12.3 Å². The fourth-order valence-electron chi connectivity index (χ4n) is 2.38. The number of sulfonamides is 1. The average Bonchev–Trinajstić information content (AvgIpc) is 2.53. The summed E-state index contributed by atoms with van der Waals surface area (Å²) in [5.41, 5.74) is 0. The second-order valence-electron chi connectivity index (χ2n) is 5.37. The summed E-state index contributed by atoms with van der Waals surface area (Å²) in [5, 5.41) is 8.60. The monoisotopic (exact) mass is 396 g/mol. The first kappa shape index (κ1) is 20.0. The van der Waals surface area contributed by atoms with Crippen LogP contribution in [-0.2, 0) is 19.6 Å². The number of piperazine rings is 1. The Balaban J connectivity index is 2.03. The van der Waals surface area contributed by atoms with Gasteiger partial charge in [-0.1, -0.05) is 0 Å². The van der Waals surface area contributed by atoms with Crippen LogP contribution in [0.4, 0.5) is 13.2 Å². The van der Waals surface area contributed by atoms with E-state index >= 15 is 0 Å². The fourth-order valence-corrected chi connectivity index (χ4v) is 3.80. The Morgan fingerprint density at radius 3 is 2.08 bits per heavy atom. The van der Waals surface area contributed by atoms with Gasteiger partial charge in [0, 0.05) is 26.2 Å². The second-order valence-corrected chi connectivity index (χ2v) is 7.31. The van der Waals surface area contributed by atoms with Crippen molar-refractivity contribution < 1.29 is 41.0 Å². The highest BCUT2D eigenvalue weighted by atomic mass is 32.2. The second kappa shape index (κ2) is 7.50. The van der Waals surface area contributed by atoms with Crippen LogP contribution in [-0.4, -0.2) is 67.1 Å². The quantitative estimate of drug-likeness (QED) is 0.742. The zero-order valence-electron chi connectivity index (χ0n) is 13.3. The molecule has 0 unspecified atom stereocenters. The first-order valence-corrected chi connectivity index (χ1v) is 8.78. The molecule has 1 saturated heterocycles. The van der Waals surface area contributed by atoms with Gasteiger partial charge in [-0.05, 0) is 24.3 Å². The Hall–Kier alpha value is -2.34. The van der Waals surface area contributed by atoms with E-state index in [1.54, 1.807) is 0 Å². The number of carboxylic acid groups (broad SMARTS) is 1. The number of hydrogen-bond acceptors (Lipinski definition) is 5. The SMILES string of the molecule is O=C(O)CC(=O)N1CCN(S(=O)(=O)c2ccc(OC(F)(F)F)cc2)CC1. The van der Waals surface area contributed by atoms with E-state index in [4.69, 9.17) is 5.11 Å². The molecule has 0 spiro atoms. The van der Waals surface area contributed by atoms with Crippen molar-refractivity contribution in [3.8, 4) is 5.75 Å². The van der Waals surface area contributed by atoms with Crippen LogP contribution >= 0.6 is 0 Å². The van der Waals surface area contributed by atoms with Gasteiger partial charge in [0.05, 0.1) is 4.90 Å². The van der Waals surface area contributed by atoms with Gasteiger partial charge in [0.2, 0.25) is 15.9 Å². The van der Waals surface area contributed by atoms with Crippen molar-refractivity contribution >= 4 is 21.9 Å². The van der Waals surface area contributed by atoms with Gasteiger partial charge in [0.1, 0.15) is 12.2 Å². The molecule has 1 aromatic carbocycles. The Kier molecular flexibility index (Phi) is 5.76. The number of benzene rings is 1. The topological polar surface area (TPSA) is 104 Å². The van der Waals surface area contributed by atoms with Gasteiger partial charge < -0.3 is 14.7 Å². The fraction of sp³-hybridized carbons (Fsp3) is 0.429. The average molecular weight is 396 g/mol. The lowest BCUT2D eigenvalue weighted by Gasteiger charge is -2.33. The summed E-state index contributed by atoms with van der Waals surface area (Å²) >= 11 is 0. The van der Waals surface area contributed by atoms with Crippen molar-refractivity contribution in [3.05, 3.63) is 24.3 Å². The summed E-state index contributed by atoms with van der Waals surface area (Å²) in [4.78, 5) is 23.2. The number of ether oxygens (including phenoxy) is 1. The highest BCUT2D eigenvalue weighted by Gasteiger charge is 2.32. The van der Waals surface area contributed by atoms with Crippen LogP contribution in [0.15, 0.2) is 29.2 Å². The molecular formula is C14H15F3N2O6S. The summed E-state index contributed by atoms with van der Waals surface area (Å²) in [5.74, 6) is -2.42. The van der Waals surface area contributed by atoms with Crippen LogP contribution in [0.25, 0.3) is 0 Å². The van der Waals surface area contributed by atoms with E-state index in [2.05, 4.69) is 4.74 Å². The van der Waals surface area contributed by atoms with Crippen LogP contribution in [0.3, 0.4) is 0 Å². The van der Waals surface area contributed by atoms with Crippen LogP contribution in [0.2, 0.25) is 0 Å². The molecule has 2 rings (SSSR count). The van der Waals surface area contributed by atoms with Gasteiger partial charge in [0.15, 0.2) is 0 Å². The predicted molar refractivity (Wildman–Crippen MR) is 80.7 cm³/mol. The molecule has 0 radical (unpaired) electrons. The van der Waals surface area contributed by atoms with E-state index in [9.17, 15) is 31.2 Å². The van der Waals surface area contributed by atoms with Gasteiger partial charge in [0.25, 0.3) is 0 Å². The molecule has 144 valence electrons. The molecule has 1 N–H and O–H groups in total. The molecule has 0 aromatic heterocycles. The summed E-state index contributed by atoms with van der Waals surface area (Å²) < 4.78 is 66.2. The van der Waals surface area contributed by atoms with Gasteiger partial charge in [-0.2, -0.15) is 4.31 Å². The number of hydrogen-bond donors (Lipinski definition) is 1. The molecular weight excluding hydrogens is 381 g/mol. The number of amides is 1. The summed E-state index contributed by atoms with van der Waals surface area (Å²) in [6, 6.07) is 3.79. The normalized spacial score (nSPS) is 16.3. The maximum Gasteiger partial charge on any atom is 0.573 e. The van der Waals surface area contributed by atoms with Crippen molar-refractivity contribution in [2.24, 2.45) is 0 Å². The molecule has 8 nitrogen and oxygen atoms in total. The number of rotatable bonds is 5. The van der Waals surface area contributed by atoms with Gasteiger partial charge in [-0.3, -0.25) is 9.59 Å². The Morgan fingerprint density at radius 2 is 1.62 bits per heavy atom. The number of halogens is 3. The van der Waals surface area contributed by atoms with Crippen molar-refractivity contribution in [2.45, 2.75) is 17.7 Å². The number of carbonyl (C=O) groups excluding carboxylic acids is 1. The largest absolute Gasteiger partial charge is 0.573 e. The van der Waals surface area contributed by atoms with E-state index in [0.29, 0.717) is 0 Å². The van der Waals surface area contributed by atoms with Gasteiger partial charge in [-0.25, -0.2) is 8.42 Å². The zero-order chi connectivity index (χ0) is 19.5. The van der Waals surface area contributed by atoms with Crippen LogP contribution in [0.1, 0.15) is 6.42 Å². The maximum absolute atomic E-state index is 12.5. The number of carboxylic acids is 1. The first-order valence-electron chi connectivity index (χ1n) is 7.34. The third kappa shape index (κ3) is 5.08. The molecule has 1 fully saturated rings. The van der Waals surface area contributed by atoms with E-state index in [1.807, 2.05) is 0 Å². The van der Waals surface area contributed by atoms with Gasteiger partial charge in [-0.15, -0.1) is 13.2 Å². The van der Waals surface area contributed by atoms with Crippen molar-refractivity contribution in [1.29, 1.82) is 0 Å². The van der Waals surface area contributed by atoms with Crippen LogP contribution in [0, 0.1) is 0 Å². The lowest BCUT2D eigenvalue weighted by atomic mass is 10.3. The van der Waals surface area contributed by atoms with Crippen molar-refractivity contribution in [2.75, 3.05) is 26.2 Å². The Labute approximate surface area is 146 Å². The molecule has 0 bridgehead atoms. The minimum absolute atomic E-state index is 0.0284. The molecule has 1 amide bonds. The van der Waals surface area contributed by atoms with E-state index in [0.717, 1.165) is 28.6 Å². The minimum Gasteiger partial charge on any atom is -0.481 e. The molecule has 1 aromatic rings. The number of carbonyl (C=O) groups is 2. The summed E-state index contributed by atoms with van der Waals surface area (Å²) in [6.07, 6.45) is -5.55. The predicted octanol–water partition coefficient (Wildman–Crippen LogP) is 0.893. The highest BCUT2D eigenvalue weighted by Crippen LogP contribution is 2.25. The molecule has 0 saturated carbocycles. The van der Waals surface area contributed by atoms with E-state index in [1.165, 1.54) is 4.90 Å². The third-order valence-corrected chi connectivity index (χ3v) is 5.50. The maximum atomic E-state index is 12.5. The molecule has 1 aliphatic rings. The molecule has 12 heteroatoms. The Bertz CT molecular complexity index is 771. The summed E-state index contributed by atoms with van der Waals surface area (Å²) in [6.45, 7) is -0.0375. The van der Waals surface area contributed by atoms with E-state index in [-0.39, 0.29) is 31.1 Å². The zero-order valence-corrected chi connectivity index (χ0v) is 14.1. The lowest BCUT2D eigenvalue weighted by molar-refractivity contribution is -0.274. The third-order valence-electron chi connectivity index (χ3n) is 3.59. The number of alkyl halides is 3. The molecule has 0 aliphatic carbocycles. The first-order chi connectivity index (χ1) is 12.0. The number of nitrogens with zero attached hydrogens (tertiary/aromatic N) is 2. The molecule has 0 atom stereocenters. The highest BCUT2D eigenvalue weighted by molar-refractivity contribution is 7.89. The van der Waals surface area contributed by atoms with Crippen LogP contribution < -0.4 is 4.74 Å². The Morgan fingerprint density at radius 1 is 1.08 bits per heavy atom. The minimum atomic E-state index is -4.88. The lowest BCUT2D eigenvalue weighted by Crippen LogP contribution is -2.50. The molecule has 26 heavy (non-hydrogen) atoms. The molecule has 1 aliphatic heterocycles. The molecule has 1 heterocycles. The van der Waals surface area contributed by atoms with Crippen LogP contribution in [0.5, 0.6) is 5.75 Å². The van der Waals surface area contributed by atoms with Crippen molar-refractivity contribution in [1.82, 2.24) is 9.21 Å². The number of aliphatic carboxylic acids is 1. The van der Waals surface area contributed by atoms with E-state index < -0.39 is 40.4 Å².